The zero-order valence-corrected chi connectivity index (χ0v) is 11.9. The summed E-state index contributed by atoms with van der Waals surface area (Å²) in [6.45, 7) is 2.95. The maximum Gasteiger partial charge on any atom is 0.393 e. The van der Waals surface area contributed by atoms with Crippen LogP contribution in [-0.4, -0.2) is 18.8 Å². The molecule has 112 valence electrons. The third-order valence-corrected chi connectivity index (χ3v) is 5.34. The van der Waals surface area contributed by atoms with Gasteiger partial charge in [-0.2, -0.15) is 13.2 Å². The lowest BCUT2D eigenvalue weighted by Crippen LogP contribution is -2.48. The molecule has 0 saturated heterocycles. The quantitative estimate of drug-likeness (QED) is 0.787. The Morgan fingerprint density at radius 2 is 1.68 bits per heavy atom. The Morgan fingerprint density at radius 1 is 1.05 bits per heavy atom. The highest BCUT2D eigenvalue weighted by Gasteiger charge is 2.46. The highest BCUT2D eigenvalue weighted by molar-refractivity contribution is 4.90. The SMILES string of the molecule is CCC1(CNC2CCCCC2C(F)(F)F)CCCC1. The molecule has 4 heteroatoms. The number of rotatable bonds is 4. The lowest BCUT2D eigenvalue weighted by Gasteiger charge is -2.37. The number of halogens is 3. The van der Waals surface area contributed by atoms with Crippen LogP contribution in [-0.2, 0) is 0 Å². The molecule has 2 rings (SSSR count). The lowest BCUT2D eigenvalue weighted by molar-refractivity contribution is -0.189. The van der Waals surface area contributed by atoms with Crippen LogP contribution in [0.3, 0.4) is 0 Å². The first-order valence-corrected chi connectivity index (χ1v) is 7.77. The molecular formula is C15H26F3N. The second-order valence-electron chi connectivity index (χ2n) is 6.48. The molecule has 0 aromatic rings. The summed E-state index contributed by atoms with van der Waals surface area (Å²) < 4.78 is 39.1. The summed E-state index contributed by atoms with van der Waals surface area (Å²) in [5.41, 5.74) is 0.271. The van der Waals surface area contributed by atoms with Gasteiger partial charge in [-0.25, -0.2) is 0 Å². The maximum atomic E-state index is 13.0. The second kappa shape index (κ2) is 6.02. The van der Waals surface area contributed by atoms with E-state index in [4.69, 9.17) is 0 Å². The molecule has 0 spiro atoms. The van der Waals surface area contributed by atoms with Crippen molar-refractivity contribution in [3.8, 4) is 0 Å². The first-order chi connectivity index (χ1) is 8.97. The summed E-state index contributed by atoms with van der Waals surface area (Å²) >= 11 is 0. The molecule has 2 aliphatic carbocycles. The van der Waals surface area contributed by atoms with Gasteiger partial charge in [-0.1, -0.05) is 32.6 Å². The molecule has 2 unspecified atom stereocenters. The fourth-order valence-electron chi connectivity index (χ4n) is 3.89. The number of hydrogen-bond acceptors (Lipinski definition) is 1. The van der Waals surface area contributed by atoms with Crippen molar-refractivity contribution in [3.63, 3.8) is 0 Å². The summed E-state index contributed by atoms with van der Waals surface area (Å²) in [7, 11) is 0. The molecule has 2 fully saturated rings. The van der Waals surface area contributed by atoms with Crippen LogP contribution in [0.2, 0.25) is 0 Å². The van der Waals surface area contributed by atoms with Gasteiger partial charge in [-0.3, -0.25) is 0 Å². The average Bonchev–Trinajstić information content (AvgIpc) is 2.85. The van der Waals surface area contributed by atoms with Crippen LogP contribution in [0.1, 0.15) is 64.7 Å². The average molecular weight is 277 g/mol. The molecule has 0 amide bonds. The van der Waals surface area contributed by atoms with Gasteiger partial charge in [0.1, 0.15) is 0 Å². The molecule has 2 aliphatic rings. The normalized spacial score (nSPS) is 31.6. The molecule has 0 aliphatic heterocycles. The van der Waals surface area contributed by atoms with Gasteiger partial charge < -0.3 is 5.32 Å². The van der Waals surface area contributed by atoms with Crippen molar-refractivity contribution < 1.29 is 13.2 Å². The summed E-state index contributed by atoms with van der Waals surface area (Å²) in [6, 6.07) is -0.349. The van der Waals surface area contributed by atoms with Crippen LogP contribution in [0.5, 0.6) is 0 Å². The Hall–Kier alpha value is -0.250. The minimum absolute atomic E-state index is 0.271. The van der Waals surface area contributed by atoms with E-state index >= 15 is 0 Å². The van der Waals surface area contributed by atoms with Crippen molar-refractivity contribution in [1.29, 1.82) is 0 Å². The minimum atomic E-state index is -4.03. The van der Waals surface area contributed by atoms with E-state index < -0.39 is 12.1 Å². The van der Waals surface area contributed by atoms with E-state index in [9.17, 15) is 13.2 Å². The van der Waals surface area contributed by atoms with Gasteiger partial charge in [0.15, 0.2) is 0 Å². The number of nitrogens with one attached hydrogen (secondary N) is 1. The molecule has 2 atom stereocenters. The molecule has 1 N–H and O–H groups in total. The Balaban J connectivity index is 1.92. The Labute approximate surface area is 114 Å². The molecule has 0 radical (unpaired) electrons. The van der Waals surface area contributed by atoms with Gasteiger partial charge >= 0.3 is 6.18 Å². The molecule has 1 nitrogen and oxygen atoms in total. The molecule has 0 heterocycles. The molecular weight excluding hydrogens is 251 g/mol. The van der Waals surface area contributed by atoms with E-state index in [0.717, 1.165) is 25.8 Å². The Bertz CT molecular complexity index is 282. The zero-order valence-electron chi connectivity index (χ0n) is 11.9. The van der Waals surface area contributed by atoms with E-state index in [1.807, 2.05) is 0 Å². The van der Waals surface area contributed by atoms with E-state index in [1.54, 1.807) is 0 Å². The van der Waals surface area contributed by atoms with E-state index in [2.05, 4.69) is 12.2 Å². The molecule has 0 aromatic heterocycles. The van der Waals surface area contributed by atoms with Crippen molar-refractivity contribution >= 4 is 0 Å². The molecule has 0 aromatic carbocycles. The van der Waals surface area contributed by atoms with Gasteiger partial charge in [-0.15, -0.1) is 0 Å². The second-order valence-corrected chi connectivity index (χ2v) is 6.48. The van der Waals surface area contributed by atoms with Crippen molar-refractivity contribution in [3.05, 3.63) is 0 Å². The summed E-state index contributed by atoms with van der Waals surface area (Å²) in [6.07, 6.45) is 4.54. The molecule has 19 heavy (non-hydrogen) atoms. The topological polar surface area (TPSA) is 12.0 Å². The summed E-state index contributed by atoms with van der Waals surface area (Å²) in [4.78, 5) is 0. The standard InChI is InChI=1S/C15H26F3N/c1-2-14(9-5-6-10-14)11-19-13-8-4-3-7-12(13)15(16,17)18/h12-13,19H,2-11H2,1H3. The Kier molecular flexibility index (Phi) is 4.80. The van der Waals surface area contributed by atoms with Gasteiger partial charge in [0.25, 0.3) is 0 Å². The maximum absolute atomic E-state index is 13.0. The van der Waals surface area contributed by atoms with E-state index in [-0.39, 0.29) is 11.5 Å². The van der Waals surface area contributed by atoms with Crippen molar-refractivity contribution in [2.75, 3.05) is 6.54 Å². The number of hydrogen-bond donors (Lipinski definition) is 1. The summed E-state index contributed by atoms with van der Waals surface area (Å²) in [5, 5.41) is 3.29. The zero-order chi connectivity index (χ0) is 13.9. The number of alkyl halides is 3. The van der Waals surface area contributed by atoms with Gasteiger partial charge in [-0.05, 0) is 37.5 Å². The van der Waals surface area contributed by atoms with Crippen LogP contribution in [0, 0.1) is 11.3 Å². The molecule has 2 saturated carbocycles. The largest absolute Gasteiger partial charge is 0.393 e. The van der Waals surface area contributed by atoms with Crippen LogP contribution in [0.4, 0.5) is 13.2 Å². The predicted molar refractivity (Wildman–Crippen MR) is 71.0 cm³/mol. The first kappa shape index (κ1) is 15.1. The third kappa shape index (κ3) is 3.65. The monoisotopic (exact) mass is 277 g/mol. The van der Waals surface area contributed by atoms with E-state index in [1.165, 1.54) is 25.7 Å². The van der Waals surface area contributed by atoms with Gasteiger partial charge in [0, 0.05) is 12.6 Å². The van der Waals surface area contributed by atoms with Crippen LogP contribution in [0.15, 0.2) is 0 Å². The highest BCUT2D eigenvalue weighted by Crippen LogP contribution is 2.42. The van der Waals surface area contributed by atoms with Crippen molar-refractivity contribution in [2.24, 2.45) is 11.3 Å². The Morgan fingerprint density at radius 3 is 2.26 bits per heavy atom. The highest BCUT2D eigenvalue weighted by atomic mass is 19.4. The summed E-state index contributed by atoms with van der Waals surface area (Å²) in [5.74, 6) is -1.13. The van der Waals surface area contributed by atoms with Crippen LogP contribution >= 0.6 is 0 Å². The van der Waals surface area contributed by atoms with Gasteiger partial charge in [0.05, 0.1) is 5.92 Å². The smallest absolute Gasteiger partial charge is 0.313 e. The van der Waals surface area contributed by atoms with Crippen molar-refractivity contribution in [2.45, 2.75) is 76.9 Å². The molecule has 0 bridgehead atoms. The lowest BCUT2D eigenvalue weighted by atomic mass is 9.80. The first-order valence-electron chi connectivity index (χ1n) is 7.77. The fraction of sp³-hybridized carbons (Fsp3) is 1.00. The van der Waals surface area contributed by atoms with Crippen LogP contribution < -0.4 is 5.32 Å². The fourth-order valence-corrected chi connectivity index (χ4v) is 3.89. The minimum Gasteiger partial charge on any atom is -0.313 e. The van der Waals surface area contributed by atoms with E-state index in [0.29, 0.717) is 12.8 Å². The van der Waals surface area contributed by atoms with Gasteiger partial charge in [0.2, 0.25) is 0 Å². The van der Waals surface area contributed by atoms with Crippen molar-refractivity contribution in [1.82, 2.24) is 5.32 Å². The van der Waals surface area contributed by atoms with Crippen LogP contribution in [0.25, 0.3) is 0 Å². The predicted octanol–water partition coefficient (Wildman–Crippen LogP) is 4.67. The third-order valence-electron chi connectivity index (χ3n) is 5.34.